The second kappa shape index (κ2) is 5.86. The Labute approximate surface area is 149 Å². The molecule has 0 amide bonds. The lowest BCUT2D eigenvalue weighted by molar-refractivity contribution is -0.0977. The summed E-state index contributed by atoms with van der Waals surface area (Å²) < 4.78 is 0. The van der Waals surface area contributed by atoms with Gasteiger partial charge in [-0.2, -0.15) is 0 Å². The Balaban J connectivity index is 1.55. The summed E-state index contributed by atoms with van der Waals surface area (Å²) in [5.41, 5.74) is 1.85. The zero-order valence-electron chi connectivity index (χ0n) is 16.4. The summed E-state index contributed by atoms with van der Waals surface area (Å²) in [7, 11) is 0. The van der Waals surface area contributed by atoms with E-state index in [1.54, 1.807) is 5.57 Å². The predicted octanol–water partition coefficient (Wildman–Crippen LogP) is 5.97. The Morgan fingerprint density at radius 1 is 0.917 bits per heavy atom. The SMILES string of the molecule is C/C=C(/C)[C@H]1CC[C@H]2[C@@H]3CC[C@@H]4C[C@](C)(O)CC[C@@H]4[C@H]3CC[C@]12C. The maximum absolute atomic E-state index is 10.5. The van der Waals surface area contributed by atoms with E-state index in [-0.39, 0.29) is 5.60 Å². The fraction of sp³-hybridized carbons (Fsp3) is 0.913. The van der Waals surface area contributed by atoms with Crippen molar-refractivity contribution in [2.45, 2.75) is 91.1 Å². The maximum Gasteiger partial charge on any atom is 0.0622 e. The molecule has 1 nitrogen and oxygen atoms in total. The summed E-state index contributed by atoms with van der Waals surface area (Å²) in [6, 6.07) is 0. The molecule has 0 heterocycles. The number of rotatable bonds is 1. The molecule has 1 heteroatoms. The topological polar surface area (TPSA) is 20.2 Å². The van der Waals surface area contributed by atoms with Crippen LogP contribution in [-0.2, 0) is 0 Å². The van der Waals surface area contributed by atoms with Crippen LogP contribution in [-0.4, -0.2) is 10.7 Å². The highest BCUT2D eigenvalue weighted by Gasteiger charge is 2.57. The molecule has 4 saturated carbocycles. The first-order valence-electron chi connectivity index (χ1n) is 10.7. The molecule has 0 radical (unpaired) electrons. The predicted molar refractivity (Wildman–Crippen MR) is 101 cm³/mol. The molecule has 0 spiro atoms. The highest BCUT2D eigenvalue weighted by Crippen LogP contribution is 2.65. The second-order valence-electron chi connectivity index (χ2n) is 10.4. The van der Waals surface area contributed by atoms with Gasteiger partial charge in [0.2, 0.25) is 0 Å². The molecule has 0 unspecified atom stereocenters. The zero-order valence-corrected chi connectivity index (χ0v) is 16.4. The minimum atomic E-state index is -0.376. The summed E-state index contributed by atoms with van der Waals surface area (Å²) in [5, 5.41) is 10.5. The highest BCUT2D eigenvalue weighted by molar-refractivity contribution is 5.15. The van der Waals surface area contributed by atoms with Crippen molar-refractivity contribution in [2.24, 2.45) is 40.9 Å². The molecule has 4 aliphatic rings. The number of fused-ring (bicyclic) bond motifs is 5. The van der Waals surface area contributed by atoms with Crippen LogP contribution in [0.15, 0.2) is 11.6 Å². The normalized spacial score (nSPS) is 54.8. The fourth-order valence-electron chi connectivity index (χ4n) is 8.03. The summed E-state index contributed by atoms with van der Waals surface area (Å²) in [6.45, 7) is 9.33. The molecule has 0 aromatic rings. The minimum absolute atomic E-state index is 0.376. The van der Waals surface area contributed by atoms with Crippen molar-refractivity contribution in [3.05, 3.63) is 11.6 Å². The lowest BCUT2D eigenvalue weighted by Crippen LogP contribution is -2.50. The number of hydrogen-bond acceptors (Lipinski definition) is 1. The van der Waals surface area contributed by atoms with Gasteiger partial charge in [-0.25, -0.2) is 0 Å². The largest absolute Gasteiger partial charge is 0.390 e. The van der Waals surface area contributed by atoms with Crippen LogP contribution in [0, 0.1) is 40.9 Å². The zero-order chi connectivity index (χ0) is 17.1. The van der Waals surface area contributed by atoms with Crippen LogP contribution in [0.5, 0.6) is 0 Å². The van der Waals surface area contributed by atoms with Gasteiger partial charge in [0.15, 0.2) is 0 Å². The van der Waals surface area contributed by atoms with Crippen molar-refractivity contribution in [3.63, 3.8) is 0 Å². The fourth-order valence-corrected chi connectivity index (χ4v) is 8.03. The third-order valence-electron chi connectivity index (χ3n) is 9.24. The van der Waals surface area contributed by atoms with Crippen LogP contribution in [0.25, 0.3) is 0 Å². The van der Waals surface area contributed by atoms with Crippen LogP contribution in [0.4, 0.5) is 0 Å². The molecule has 0 aromatic carbocycles. The Hall–Kier alpha value is -0.300. The molecule has 0 bridgehead atoms. The van der Waals surface area contributed by atoms with E-state index in [0.29, 0.717) is 5.41 Å². The molecule has 136 valence electrons. The molecule has 4 rings (SSSR count). The van der Waals surface area contributed by atoms with Crippen LogP contribution in [0.3, 0.4) is 0 Å². The summed E-state index contributed by atoms with van der Waals surface area (Å²) in [5.74, 6) is 5.52. The van der Waals surface area contributed by atoms with E-state index in [1.165, 1.54) is 44.9 Å². The Kier molecular flexibility index (Phi) is 4.18. The standard InChI is InChI=1S/C23H38O/c1-5-15(2)20-8-9-21-19-7-6-16-14-22(3,24)12-10-17(16)18(19)11-13-23(20,21)4/h5,16-21,24H,6-14H2,1-4H3/b15-5-/t16-,17+,18-,19-,20-,21+,22-,23-/m1/s1. The van der Waals surface area contributed by atoms with E-state index < -0.39 is 0 Å². The molecule has 4 fully saturated rings. The molecule has 24 heavy (non-hydrogen) atoms. The van der Waals surface area contributed by atoms with Gasteiger partial charge >= 0.3 is 0 Å². The Morgan fingerprint density at radius 3 is 2.42 bits per heavy atom. The Bertz CT molecular complexity index is 518. The highest BCUT2D eigenvalue weighted by atomic mass is 16.3. The lowest BCUT2D eigenvalue weighted by Gasteiger charge is -2.57. The monoisotopic (exact) mass is 330 g/mol. The first-order chi connectivity index (χ1) is 11.4. The van der Waals surface area contributed by atoms with Gasteiger partial charge in [0.1, 0.15) is 0 Å². The van der Waals surface area contributed by atoms with Crippen LogP contribution < -0.4 is 0 Å². The Morgan fingerprint density at radius 2 is 1.67 bits per heavy atom. The number of aliphatic hydroxyl groups is 1. The minimum Gasteiger partial charge on any atom is -0.390 e. The molecule has 4 aliphatic carbocycles. The number of allylic oxidation sites excluding steroid dienone is 2. The van der Waals surface area contributed by atoms with Crippen molar-refractivity contribution < 1.29 is 5.11 Å². The van der Waals surface area contributed by atoms with Gasteiger partial charge in [0, 0.05) is 0 Å². The third-order valence-corrected chi connectivity index (χ3v) is 9.24. The van der Waals surface area contributed by atoms with Gasteiger partial charge < -0.3 is 5.11 Å². The summed E-state index contributed by atoms with van der Waals surface area (Å²) >= 11 is 0. The smallest absolute Gasteiger partial charge is 0.0622 e. The van der Waals surface area contributed by atoms with Crippen LogP contribution >= 0.6 is 0 Å². The van der Waals surface area contributed by atoms with Gasteiger partial charge in [-0.15, -0.1) is 0 Å². The molecule has 1 N–H and O–H groups in total. The first-order valence-corrected chi connectivity index (χ1v) is 10.7. The van der Waals surface area contributed by atoms with E-state index in [9.17, 15) is 5.11 Å². The average molecular weight is 331 g/mol. The van der Waals surface area contributed by atoms with Gasteiger partial charge in [-0.3, -0.25) is 0 Å². The molecular formula is C23H38O. The van der Waals surface area contributed by atoms with E-state index >= 15 is 0 Å². The van der Waals surface area contributed by atoms with Crippen molar-refractivity contribution in [1.29, 1.82) is 0 Å². The van der Waals surface area contributed by atoms with Crippen molar-refractivity contribution in [3.8, 4) is 0 Å². The van der Waals surface area contributed by atoms with Gasteiger partial charge in [-0.1, -0.05) is 18.6 Å². The van der Waals surface area contributed by atoms with Crippen LogP contribution in [0.1, 0.15) is 85.5 Å². The molecule has 0 aliphatic heterocycles. The second-order valence-corrected chi connectivity index (χ2v) is 10.4. The third kappa shape index (κ3) is 2.52. The van der Waals surface area contributed by atoms with Crippen molar-refractivity contribution in [1.82, 2.24) is 0 Å². The molecule has 8 atom stereocenters. The van der Waals surface area contributed by atoms with Gasteiger partial charge in [0.05, 0.1) is 5.60 Å². The maximum atomic E-state index is 10.5. The van der Waals surface area contributed by atoms with Crippen LogP contribution in [0.2, 0.25) is 0 Å². The van der Waals surface area contributed by atoms with Gasteiger partial charge in [-0.05, 0) is 119 Å². The first kappa shape index (κ1) is 17.1. The average Bonchev–Trinajstić information content (AvgIpc) is 2.90. The van der Waals surface area contributed by atoms with E-state index in [1.807, 2.05) is 0 Å². The van der Waals surface area contributed by atoms with Crippen molar-refractivity contribution >= 4 is 0 Å². The quantitative estimate of drug-likeness (QED) is 0.587. The lowest BCUT2D eigenvalue weighted by atomic mass is 9.49. The molecular weight excluding hydrogens is 292 g/mol. The van der Waals surface area contributed by atoms with E-state index in [2.05, 4.69) is 33.8 Å². The summed E-state index contributed by atoms with van der Waals surface area (Å²) in [6.07, 6.45) is 14.5. The molecule has 0 aromatic heterocycles. The van der Waals surface area contributed by atoms with Gasteiger partial charge in [0.25, 0.3) is 0 Å². The number of hydrogen-bond donors (Lipinski definition) is 1. The summed E-state index contributed by atoms with van der Waals surface area (Å²) in [4.78, 5) is 0. The van der Waals surface area contributed by atoms with E-state index in [4.69, 9.17) is 0 Å². The molecule has 0 saturated heterocycles. The van der Waals surface area contributed by atoms with E-state index in [0.717, 1.165) is 48.3 Å². The van der Waals surface area contributed by atoms with Crippen molar-refractivity contribution in [2.75, 3.05) is 0 Å².